The van der Waals surface area contributed by atoms with Crippen molar-refractivity contribution in [3.05, 3.63) is 82.7 Å². The van der Waals surface area contributed by atoms with Crippen LogP contribution in [0.25, 0.3) is 4.85 Å². The van der Waals surface area contributed by atoms with Crippen LogP contribution in [0.3, 0.4) is 0 Å². The summed E-state index contributed by atoms with van der Waals surface area (Å²) < 4.78 is 22.4. The molecule has 31 heavy (non-hydrogen) atoms. The van der Waals surface area contributed by atoms with E-state index in [1.807, 2.05) is 0 Å². The Morgan fingerprint density at radius 1 is 1.10 bits per heavy atom. The Morgan fingerprint density at radius 3 is 2.42 bits per heavy atom. The predicted octanol–water partition coefficient (Wildman–Crippen LogP) is 4.85. The fourth-order valence-electron chi connectivity index (χ4n) is 2.78. The second-order valence-electron chi connectivity index (χ2n) is 6.42. The molecule has 0 spiro atoms. The van der Waals surface area contributed by atoms with Crippen molar-refractivity contribution in [2.75, 3.05) is 12.4 Å². The minimum absolute atomic E-state index is 0.0704. The van der Waals surface area contributed by atoms with Crippen LogP contribution >= 0.6 is 11.6 Å². The van der Waals surface area contributed by atoms with Crippen molar-refractivity contribution < 1.29 is 18.5 Å². The fraction of sp³-hybridized carbons (Fsp3) is 0.0909. The third-order valence-corrected chi connectivity index (χ3v) is 5.09. The Kier molecular flexibility index (Phi) is 7.26. The van der Waals surface area contributed by atoms with Crippen molar-refractivity contribution in [3.8, 4) is 17.2 Å². The van der Waals surface area contributed by atoms with Gasteiger partial charge in [0, 0.05) is 16.8 Å². The van der Waals surface area contributed by atoms with E-state index >= 15 is 0 Å². The minimum atomic E-state index is -1.57. The van der Waals surface area contributed by atoms with Gasteiger partial charge in [0.05, 0.1) is 25.0 Å². The monoisotopic (exact) mass is 455 g/mol. The Hall–Kier alpha value is -3.38. The average Bonchev–Trinajstić information content (AvgIpc) is 2.73. The number of nitrogens with two attached hydrogens (primary N) is 1. The summed E-state index contributed by atoms with van der Waals surface area (Å²) in [6.07, 6.45) is 0.0704. The second kappa shape index (κ2) is 10.1. The van der Waals surface area contributed by atoms with Gasteiger partial charge in [-0.2, -0.15) is 0 Å². The third kappa shape index (κ3) is 6.30. The van der Waals surface area contributed by atoms with Crippen molar-refractivity contribution >= 4 is 39.9 Å². The summed E-state index contributed by atoms with van der Waals surface area (Å²) in [7, 11) is -0.0574. The SMILES string of the molecule is [C-]#[N+]c1cc(Cl)cc(Oc2cc(CC(=O)Nc3ccc(S(N)=O)cc3)cc(OC)c2)c1. The fourth-order valence-corrected chi connectivity index (χ4v) is 3.40. The lowest BCUT2D eigenvalue weighted by atomic mass is 10.1. The van der Waals surface area contributed by atoms with E-state index in [-0.39, 0.29) is 12.3 Å². The number of hydrogen-bond donors (Lipinski definition) is 2. The number of carbonyl (C=O) groups is 1. The van der Waals surface area contributed by atoms with E-state index in [9.17, 15) is 9.00 Å². The molecule has 3 rings (SSSR count). The van der Waals surface area contributed by atoms with E-state index in [4.69, 9.17) is 32.8 Å². The summed E-state index contributed by atoms with van der Waals surface area (Å²) in [5.74, 6) is 1.11. The summed E-state index contributed by atoms with van der Waals surface area (Å²) >= 11 is 6.03. The lowest BCUT2D eigenvalue weighted by Crippen LogP contribution is -2.14. The standard InChI is InChI=1S/C22H18ClN3O4S/c1-25-17-10-15(23)11-20(12-17)30-19-8-14(7-18(13-19)29-2)9-22(27)26-16-3-5-21(6-4-16)31(24)28/h3-8,10-13H,9,24H2,2H3,(H,26,27). The van der Waals surface area contributed by atoms with Gasteiger partial charge in [-0.15, -0.1) is 0 Å². The van der Waals surface area contributed by atoms with Crippen molar-refractivity contribution in [3.63, 3.8) is 0 Å². The van der Waals surface area contributed by atoms with Gasteiger partial charge < -0.3 is 14.8 Å². The van der Waals surface area contributed by atoms with E-state index < -0.39 is 11.0 Å². The highest BCUT2D eigenvalue weighted by molar-refractivity contribution is 7.82. The molecule has 9 heteroatoms. The van der Waals surface area contributed by atoms with Crippen molar-refractivity contribution in [1.29, 1.82) is 0 Å². The highest BCUT2D eigenvalue weighted by atomic mass is 35.5. The number of hydrogen-bond acceptors (Lipinski definition) is 4. The number of halogens is 1. The van der Waals surface area contributed by atoms with E-state index in [1.165, 1.54) is 7.11 Å². The number of benzene rings is 3. The van der Waals surface area contributed by atoms with E-state index in [2.05, 4.69) is 10.2 Å². The molecule has 158 valence electrons. The van der Waals surface area contributed by atoms with Crippen molar-refractivity contribution in [2.45, 2.75) is 11.3 Å². The molecule has 3 aromatic rings. The maximum absolute atomic E-state index is 12.5. The van der Waals surface area contributed by atoms with Gasteiger partial charge in [-0.3, -0.25) is 4.79 Å². The van der Waals surface area contributed by atoms with Crippen LogP contribution in [0.15, 0.2) is 65.6 Å². The molecule has 3 N–H and O–H groups in total. The predicted molar refractivity (Wildman–Crippen MR) is 120 cm³/mol. The zero-order chi connectivity index (χ0) is 22.4. The molecule has 0 bridgehead atoms. The summed E-state index contributed by atoms with van der Waals surface area (Å²) in [5.41, 5.74) is 1.58. The molecular formula is C22H18ClN3O4S. The zero-order valence-corrected chi connectivity index (χ0v) is 18.0. The highest BCUT2D eigenvalue weighted by Crippen LogP contribution is 2.32. The van der Waals surface area contributed by atoms with Gasteiger partial charge in [0.1, 0.15) is 28.2 Å². The first-order valence-electron chi connectivity index (χ1n) is 8.96. The number of nitrogens with zero attached hydrogens (tertiary/aromatic N) is 1. The van der Waals surface area contributed by atoms with Crippen LogP contribution in [0.2, 0.25) is 5.02 Å². The average molecular weight is 456 g/mol. The Labute approximate surface area is 187 Å². The van der Waals surface area contributed by atoms with Crippen LogP contribution in [0.4, 0.5) is 11.4 Å². The first kappa shape index (κ1) is 22.3. The molecule has 0 aliphatic carbocycles. The number of rotatable bonds is 7. The Balaban J connectivity index is 1.75. The molecular weight excluding hydrogens is 438 g/mol. The van der Waals surface area contributed by atoms with Gasteiger partial charge >= 0.3 is 0 Å². The largest absolute Gasteiger partial charge is 0.497 e. The normalized spacial score (nSPS) is 11.3. The molecule has 0 radical (unpaired) electrons. The quantitative estimate of drug-likeness (QED) is 0.497. The van der Waals surface area contributed by atoms with Crippen LogP contribution in [0.5, 0.6) is 17.2 Å². The number of ether oxygens (including phenoxy) is 2. The topological polar surface area (TPSA) is 95.0 Å². The number of amides is 1. The first-order valence-corrected chi connectivity index (χ1v) is 10.6. The smallest absolute Gasteiger partial charge is 0.228 e. The zero-order valence-electron chi connectivity index (χ0n) is 16.4. The van der Waals surface area contributed by atoms with Gasteiger partial charge in [0.15, 0.2) is 5.69 Å². The summed E-state index contributed by atoms with van der Waals surface area (Å²) in [6.45, 7) is 7.14. The van der Waals surface area contributed by atoms with Gasteiger partial charge in [0.25, 0.3) is 0 Å². The number of carbonyl (C=O) groups excluding carboxylic acids is 1. The Bertz CT molecular complexity index is 1180. The molecule has 0 saturated heterocycles. The molecule has 0 fully saturated rings. The number of methoxy groups -OCH3 is 1. The van der Waals surface area contributed by atoms with Crippen LogP contribution in [0.1, 0.15) is 5.56 Å². The van der Waals surface area contributed by atoms with E-state index in [0.29, 0.717) is 44.1 Å². The highest BCUT2D eigenvalue weighted by Gasteiger charge is 2.10. The molecule has 7 nitrogen and oxygen atoms in total. The summed E-state index contributed by atoms with van der Waals surface area (Å²) in [5, 5.41) is 8.49. The second-order valence-corrected chi connectivity index (χ2v) is 7.93. The molecule has 0 saturated carbocycles. The number of nitrogens with one attached hydrogen (secondary N) is 1. The van der Waals surface area contributed by atoms with Crippen LogP contribution < -0.4 is 19.9 Å². The van der Waals surface area contributed by atoms with Gasteiger partial charge in [-0.05, 0) is 60.2 Å². The lowest BCUT2D eigenvalue weighted by Gasteiger charge is -2.12. The van der Waals surface area contributed by atoms with Gasteiger partial charge in [0.2, 0.25) is 5.91 Å². The van der Waals surface area contributed by atoms with Gasteiger partial charge in [-0.25, -0.2) is 14.2 Å². The minimum Gasteiger partial charge on any atom is -0.497 e. The number of anilines is 1. The van der Waals surface area contributed by atoms with Crippen LogP contribution in [-0.2, 0) is 22.2 Å². The molecule has 0 heterocycles. The Morgan fingerprint density at radius 2 is 1.77 bits per heavy atom. The molecule has 1 unspecified atom stereocenters. The molecule has 3 aromatic carbocycles. The molecule has 1 amide bonds. The van der Waals surface area contributed by atoms with Crippen molar-refractivity contribution in [1.82, 2.24) is 0 Å². The van der Waals surface area contributed by atoms with E-state index in [1.54, 1.807) is 60.7 Å². The van der Waals surface area contributed by atoms with E-state index in [0.717, 1.165) is 0 Å². The van der Waals surface area contributed by atoms with Crippen LogP contribution in [-0.4, -0.2) is 17.2 Å². The summed E-state index contributed by atoms with van der Waals surface area (Å²) in [4.78, 5) is 16.3. The molecule has 0 aliphatic heterocycles. The van der Waals surface area contributed by atoms with Crippen LogP contribution in [0, 0.1) is 6.57 Å². The molecule has 0 aromatic heterocycles. The first-order chi connectivity index (χ1) is 14.9. The van der Waals surface area contributed by atoms with Crippen molar-refractivity contribution in [2.24, 2.45) is 5.14 Å². The third-order valence-electron chi connectivity index (χ3n) is 4.13. The maximum Gasteiger partial charge on any atom is 0.228 e. The van der Waals surface area contributed by atoms with Gasteiger partial charge in [-0.1, -0.05) is 11.6 Å². The molecule has 1 atom stereocenters. The maximum atomic E-state index is 12.5. The molecule has 0 aliphatic rings. The summed E-state index contributed by atoms with van der Waals surface area (Å²) in [6, 6.07) is 16.3. The lowest BCUT2D eigenvalue weighted by molar-refractivity contribution is -0.115.